The van der Waals surface area contributed by atoms with Gasteiger partial charge in [-0.15, -0.1) is 0 Å². The van der Waals surface area contributed by atoms with Crippen LogP contribution in [-0.2, 0) is 4.79 Å². The van der Waals surface area contributed by atoms with Crippen molar-refractivity contribution in [2.24, 2.45) is 10.9 Å². The molecular weight excluding hydrogens is 202 g/mol. The molecule has 0 fully saturated rings. The van der Waals surface area contributed by atoms with Crippen LogP contribution in [0.4, 0.5) is 0 Å². The smallest absolute Gasteiger partial charge is 0.220 e. The standard InChI is InChI=1S/C8H17N3O2S/c1-14-6-4-8(12)10-5-2-3-7(9)11-13/h13H,2-6H2,1H3,(H2,9,11)(H,10,12). The average Bonchev–Trinajstić information content (AvgIpc) is 2.21. The molecule has 0 aromatic carbocycles. The van der Waals surface area contributed by atoms with Crippen molar-refractivity contribution in [1.82, 2.24) is 5.32 Å². The Morgan fingerprint density at radius 2 is 2.29 bits per heavy atom. The van der Waals surface area contributed by atoms with Gasteiger partial charge in [-0.2, -0.15) is 11.8 Å². The fourth-order valence-corrected chi connectivity index (χ4v) is 1.22. The van der Waals surface area contributed by atoms with Gasteiger partial charge in [0.2, 0.25) is 5.91 Å². The van der Waals surface area contributed by atoms with Gasteiger partial charge in [-0.1, -0.05) is 5.16 Å². The molecule has 14 heavy (non-hydrogen) atoms. The summed E-state index contributed by atoms with van der Waals surface area (Å²) in [6, 6.07) is 0. The molecule has 5 nitrogen and oxygen atoms in total. The van der Waals surface area contributed by atoms with E-state index >= 15 is 0 Å². The SMILES string of the molecule is CSCCC(=O)NCCCC(N)=NO. The Morgan fingerprint density at radius 1 is 1.57 bits per heavy atom. The molecule has 0 aromatic rings. The highest BCUT2D eigenvalue weighted by molar-refractivity contribution is 7.98. The number of nitrogens with zero attached hydrogens (tertiary/aromatic N) is 1. The largest absolute Gasteiger partial charge is 0.409 e. The minimum atomic E-state index is 0.0545. The number of hydrogen-bond acceptors (Lipinski definition) is 4. The molecule has 4 N–H and O–H groups in total. The summed E-state index contributed by atoms with van der Waals surface area (Å²) < 4.78 is 0. The third kappa shape index (κ3) is 7.72. The number of amidine groups is 1. The maximum absolute atomic E-state index is 11.1. The van der Waals surface area contributed by atoms with Crippen LogP contribution >= 0.6 is 11.8 Å². The third-order valence-corrected chi connectivity index (χ3v) is 2.21. The van der Waals surface area contributed by atoms with E-state index in [1.165, 1.54) is 0 Å². The number of amides is 1. The van der Waals surface area contributed by atoms with E-state index in [1.807, 2.05) is 6.26 Å². The lowest BCUT2D eigenvalue weighted by Crippen LogP contribution is -2.25. The van der Waals surface area contributed by atoms with Gasteiger partial charge in [0.1, 0.15) is 5.84 Å². The van der Waals surface area contributed by atoms with Crippen molar-refractivity contribution in [2.45, 2.75) is 19.3 Å². The zero-order chi connectivity index (χ0) is 10.8. The van der Waals surface area contributed by atoms with Gasteiger partial charge in [0, 0.05) is 25.1 Å². The number of rotatable bonds is 7. The summed E-state index contributed by atoms with van der Waals surface area (Å²) in [6.07, 6.45) is 3.70. The molecule has 0 radical (unpaired) electrons. The molecule has 0 atom stereocenters. The fraction of sp³-hybridized carbons (Fsp3) is 0.750. The van der Waals surface area contributed by atoms with Crippen molar-refractivity contribution >= 4 is 23.5 Å². The van der Waals surface area contributed by atoms with Crippen LogP contribution in [0.25, 0.3) is 0 Å². The highest BCUT2D eigenvalue weighted by Crippen LogP contribution is 1.95. The first-order valence-corrected chi connectivity index (χ1v) is 5.82. The normalized spacial score (nSPS) is 11.4. The van der Waals surface area contributed by atoms with Gasteiger partial charge in [-0.25, -0.2) is 0 Å². The second-order valence-electron chi connectivity index (χ2n) is 2.79. The second kappa shape index (κ2) is 8.68. The Kier molecular flexibility index (Phi) is 8.11. The molecule has 0 bridgehead atoms. The van der Waals surface area contributed by atoms with E-state index in [0.29, 0.717) is 25.8 Å². The molecule has 1 amide bonds. The molecule has 0 saturated heterocycles. The summed E-state index contributed by atoms with van der Waals surface area (Å²) in [7, 11) is 0. The minimum absolute atomic E-state index is 0.0545. The van der Waals surface area contributed by atoms with Crippen molar-refractivity contribution in [1.29, 1.82) is 0 Å². The molecular formula is C8H17N3O2S. The Hall–Kier alpha value is -0.910. The van der Waals surface area contributed by atoms with Gasteiger partial charge in [-0.3, -0.25) is 4.79 Å². The van der Waals surface area contributed by atoms with Gasteiger partial charge in [0.15, 0.2) is 0 Å². The molecule has 0 saturated carbocycles. The number of nitrogens with one attached hydrogen (secondary N) is 1. The number of nitrogens with two attached hydrogens (primary N) is 1. The average molecular weight is 219 g/mol. The Morgan fingerprint density at radius 3 is 2.86 bits per heavy atom. The Bertz CT molecular complexity index is 197. The summed E-state index contributed by atoms with van der Waals surface area (Å²) in [4.78, 5) is 11.1. The lowest BCUT2D eigenvalue weighted by atomic mass is 10.3. The van der Waals surface area contributed by atoms with E-state index in [2.05, 4.69) is 10.5 Å². The van der Waals surface area contributed by atoms with Gasteiger partial charge in [0.05, 0.1) is 0 Å². The first-order chi connectivity index (χ1) is 6.70. The van der Waals surface area contributed by atoms with E-state index in [4.69, 9.17) is 10.9 Å². The topological polar surface area (TPSA) is 87.7 Å². The van der Waals surface area contributed by atoms with E-state index in [9.17, 15) is 4.79 Å². The summed E-state index contributed by atoms with van der Waals surface area (Å²) in [6.45, 7) is 0.573. The summed E-state index contributed by atoms with van der Waals surface area (Å²) in [5, 5.41) is 13.8. The van der Waals surface area contributed by atoms with Crippen LogP contribution in [0.2, 0.25) is 0 Å². The first kappa shape index (κ1) is 13.1. The van der Waals surface area contributed by atoms with Crippen LogP contribution in [0.5, 0.6) is 0 Å². The third-order valence-electron chi connectivity index (χ3n) is 1.59. The van der Waals surface area contributed by atoms with Crippen molar-refractivity contribution in [3.8, 4) is 0 Å². The molecule has 0 aliphatic rings. The number of oxime groups is 1. The van der Waals surface area contributed by atoms with Crippen LogP contribution in [0, 0.1) is 0 Å². The van der Waals surface area contributed by atoms with Gasteiger partial charge >= 0.3 is 0 Å². The predicted octanol–water partition coefficient (Wildman–Crippen LogP) is 0.382. The highest BCUT2D eigenvalue weighted by Gasteiger charge is 1.99. The first-order valence-electron chi connectivity index (χ1n) is 4.42. The summed E-state index contributed by atoms with van der Waals surface area (Å²) in [5.41, 5.74) is 5.25. The zero-order valence-corrected chi connectivity index (χ0v) is 9.14. The van der Waals surface area contributed by atoms with E-state index in [1.54, 1.807) is 11.8 Å². The monoisotopic (exact) mass is 219 g/mol. The number of carbonyl (C=O) groups is 1. The van der Waals surface area contributed by atoms with Crippen LogP contribution in [0.15, 0.2) is 5.16 Å². The molecule has 0 aromatic heterocycles. The molecule has 0 spiro atoms. The van der Waals surface area contributed by atoms with Crippen molar-refractivity contribution in [2.75, 3.05) is 18.6 Å². The number of carbonyl (C=O) groups excluding carboxylic acids is 1. The predicted molar refractivity (Wildman–Crippen MR) is 58.7 cm³/mol. The van der Waals surface area contributed by atoms with Gasteiger partial charge in [-0.05, 0) is 12.7 Å². The fourth-order valence-electron chi connectivity index (χ4n) is 0.830. The second-order valence-corrected chi connectivity index (χ2v) is 3.77. The highest BCUT2D eigenvalue weighted by atomic mass is 32.2. The lowest BCUT2D eigenvalue weighted by Gasteiger charge is -2.03. The lowest BCUT2D eigenvalue weighted by molar-refractivity contribution is -0.120. The van der Waals surface area contributed by atoms with E-state index in [-0.39, 0.29) is 11.7 Å². The van der Waals surface area contributed by atoms with E-state index in [0.717, 1.165) is 5.75 Å². The quantitative estimate of drug-likeness (QED) is 0.190. The zero-order valence-electron chi connectivity index (χ0n) is 8.32. The minimum Gasteiger partial charge on any atom is -0.409 e. The maximum atomic E-state index is 11.1. The van der Waals surface area contributed by atoms with Gasteiger partial charge < -0.3 is 16.3 Å². The number of hydrogen-bond donors (Lipinski definition) is 3. The Labute approximate surface area is 88.1 Å². The molecule has 0 aliphatic heterocycles. The Balaban J connectivity index is 3.31. The van der Waals surface area contributed by atoms with Crippen molar-refractivity contribution in [3.05, 3.63) is 0 Å². The van der Waals surface area contributed by atoms with Crippen molar-refractivity contribution in [3.63, 3.8) is 0 Å². The number of thioether (sulfide) groups is 1. The van der Waals surface area contributed by atoms with Crippen LogP contribution in [-0.4, -0.2) is 35.5 Å². The molecule has 0 aliphatic carbocycles. The van der Waals surface area contributed by atoms with Crippen LogP contribution < -0.4 is 11.1 Å². The van der Waals surface area contributed by atoms with Crippen molar-refractivity contribution < 1.29 is 10.0 Å². The summed E-state index contributed by atoms with van der Waals surface area (Å²) in [5.74, 6) is 1.09. The molecule has 82 valence electrons. The van der Waals surface area contributed by atoms with E-state index < -0.39 is 0 Å². The van der Waals surface area contributed by atoms with Gasteiger partial charge in [0.25, 0.3) is 0 Å². The van der Waals surface area contributed by atoms with Crippen LogP contribution in [0.3, 0.4) is 0 Å². The molecule has 0 unspecified atom stereocenters. The van der Waals surface area contributed by atoms with Crippen LogP contribution in [0.1, 0.15) is 19.3 Å². The maximum Gasteiger partial charge on any atom is 0.220 e. The molecule has 6 heteroatoms. The summed E-state index contributed by atoms with van der Waals surface area (Å²) >= 11 is 1.64. The molecule has 0 heterocycles. The molecule has 0 rings (SSSR count).